The Bertz CT molecular complexity index is 424. The number of anilines is 1. The lowest BCUT2D eigenvalue weighted by Crippen LogP contribution is -2.38. The van der Waals surface area contributed by atoms with E-state index >= 15 is 0 Å². The van der Waals surface area contributed by atoms with Gasteiger partial charge in [0.1, 0.15) is 0 Å². The van der Waals surface area contributed by atoms with Crippen LogP contribution in [0, 0.1) is 5.92 Å². The van der Waals surface area contributed by atoms with Crippen LogP contribution in [0.2, 0.25) is 0 Å². The van der Waals surface area contributed by atoms with Gasteiger partial charge in [0.25, 0.3) is 5.91 Å². The number of benzene rings is 1. The number of rotatable bonds is 3. The first-order valence-corrected chi connectivity index (χ1v) is 6.80. The maximum Gasteiger partial charge on any atom is 0.251 e. The first-order valence-electron chi connectivity index (χ1n) is 6.01. The number of hydrogen-bond acceptors (Lipinski definition) is 3. The lowest BCUT2D eigenvalue weighted by Gasteiger charge is -2.19. The van der Waals surface area contributed by atoms with Crippen LogP contribution in [0.5, 0.6) is 0 Å². The highest BCUT2D eigenvalue weighted by atomic mass is 79.9. The van der Waals surface area contributed by atoms with Crippen LogP contribution in [0.1, 0.15) is 23.7 Å². The van der Waals surface area contributed by atoms with Crippen molar-refractivity contribution in [2.45, 2.75) is 19.4 Å². The lowest BCUT2D eigenvalue weighted by atomic mass is 10.0. The molecule has 0 radical (unpaired) electrons. The summed E-state index contributed by atoms with van der Waals surface area (Å²) in [6, 6.07) is 5.33. The highest BCUT2D eigenvalue weighted by Gasteiger charge is 2.23. The Balaban J connectivity index is 2.02. The molecule has 1 aromatic rings. The van der Waals surface area contributed by atoms with Gasteiger partial charge in [-0.1, -0.05) is 15.9 Å². The van der Waals surface area contributed by atoms with Gasteiger partial charge in [-0.15, -0.1) is 0 Å². The van der Waals surface area contributed by atoms with Crippen LogP contribution >= 0.6 is 15.9 Å². The van der Waals surface area contributed by atoms with Crippen LogP contribution in [-0.2, 0) is 4.74 Å². The second-order valence-electron chi connectivity index (χ2n) is 4.66. The van der Waals surface area contributed by atoms with E-state index < -0.39 is 0 Å². The fraction of sp³-hybridized carbons (Fsp3) is 0.462. The maximum atomic E-state index is 12.1. The molecule has 2 unspecified atom stereocenters. The van der Waals surface area contributed by atoms with Gasteiger partial charge in [-0.05, 0) is 31.5 Å². The third kappa shape index (κ3) is 3.23. The zero-order valence-electron chi connectivity index (χ0n) is 10.3. The SMILES string of the molecule is CC(NC(=O)c1cc(N)cc(Br)c1)C1CCOC1. The van der Waals surface area contributed by atoms with Crippen molar-refractivity contribution >= 4 is 27.5 Å². The average molecular weight is 313 g/mol. The third-order valence-electron chi connectivity index (χ3n) is 3.21. The van der Waals surface area contributed by atoms with Gasteiger partial charge in [0.05, 0.1) is 6.61 Å². The van der Waals surface area contributed by atoms with E-state index in [0.717, 1.165) is 24.1 Å². The fourth-order valence-corrected chi connectivity index (χ4v) is 2.61. The number of hydrogen-bond donors (Lipinski definition) is 2. The Kier molecular flexibility index (Phi) is 4.24. The number of nitrogens with one attached hydrogen (secondary N) is 1. The van der Waals surface area contributed by atoms with Gasteiger partial charge in [-0.25, -0.2) is 0 Å². The number of ether oxygens (including phenoxy) is 1. The molecule has 1 saturated heterocycles. The summed E-state index contributed by atoms with van der Waals surface area (Å²) in [5.74, 6) is 0.306. The molecule has 1 aliphatic rings. The standard InChI is InChI=1S/C13H17BrN2O2/c1-8(9-2-3-18-7-9)16-13(17)10-4-11(14)6-12(15)5-10/h4-6,8-9H,2-3,7,15H2,1H3,(H,16,17). The van der Waals surface area contributed by atoms with Crippen molar-refractivity contribution in [3.63, 3.8) is 0 Å². The molecule has 0 aromatic heterocycles. The molecule has 18 heavy (non-hydrogen) atoms. The van der Waals surface area contributed by atoms with Crippen molar-refractivity contribution in [2.75, 3.05) is 18.9 Å². The van der Waals surface area contributed by atoms with E-state index in [2.05, 4.69) is 21.2 Å². The molecule has 1 heterocycles. The summed E-state index contributed by atoms with van der Waals surface area (Å²) in [6.45, 7) is 3.52. The highest BCUT2D eigenvalue weighted by Crippen LogP contribution is 2.19. The van der Waals surface area contributed by atoms with E-state index in [-0.39, 0.29) is 11.9 Å². The van der Waals surface area contributed by atoms with Crippen molar-refractivity contribution in [3.8, 4) is 0 Å². The summed E-state index contributed by atoms with van der Waals surface area (Å²) < 4.78 is 6.13. The van der Waals surface area contributed by atoms with E-state index in [4.69, 9.17) is 10.5 Å². The maximum absolute atomic E-state index is 12.1. The van der Waals surface area contributed by atoms with Gasteiger partial charge in [0.2, 0.25) is 0 Å². The molecule has 98 valence electrons. The molecule has 1 aromatic carbocycles. The summed E-state index contributed by atoms with van der Waals surface area (Å²) in [5, 5.41) is 3.00. The Morgan fingerprint density at radius 2 is 2.33 bits per heavy atom. The van der Waals surface area contributed by atoms with Gasteiger partial charge in [0.15, 0.2) is 0 Å². The van der Waals surface area contributed by atoms with Gasteiger partial charge in [0, 0.05) is 34.3 Å². The topological polar surface area (TPSA) is 64.4 Å². The number of nitrogens with two attached hydrogens (primary N) is 1. The lowest BCUT2D eigenvalue weighted by molar-refractivity contribution is 0.0922. The van der Waals surface area contributed by atoms with Crippen LogP contribution in [0.25, 0.3) is 0 Å². The Morgan fingerprint density at radius 3 is 2.94 bits per heavy atom. The molecule has 4 nitrogen and oxygen atoms in total. The quantitative estimate of drug-likeness (QED) is 0.841. The highest BCUT2D eigenvalue weighted by molar-refractivity contribution is 9.10. The van der Waals surface area contributed by atoms with Gasteiger partial charge < -0.3 is 15.8 Å². The number of amides is 1. The molecule has 1 amide bonds. The first-order chi connectivity index (χ1) is 8.56. The fourth-order valence-electron chi connectivity index (χ4n) is 2.10. The molecule has 5 heteroatoms. The minimum absolute atomic E-state index is 0.0950. The van der Waals surface area contributed by atoms with E-state index in [1.54, 1.807) is 18.2 Å². The second-order valence-corrected chi connectivity index (χ2v) is 5.57. The summed E-state index contributed by atoms with van der Waals surface area (Å²) in [4.78, 5) is 12.1. The van der Waals surface area contributed by atoms with E-state index in [9.17, 15) is 4.79 Å². The third-order valence-corrected chi connectivity index (χ3v) is 3.67. The molecule has 0 bridgehead atoms. The van der Waals surface area contributed by atoms with Crippen LogP contribution in [0.15, 0.2) is 22.7 Å². The van der Waals surface area contributed by atoms with Crippen LogP contribution in [-0.4, -0.2) is 25.2 Å². The summed E-state index contributed by atoms with van der Waals surface area (Å²) >= 11 is 3.33. The Labute approximate surface area is 115 Å². The number of carbonyl (C=O) groups is 1. The second kappa shape index (κ2) is 5.71. The minimum Gasteiger partial charge on any atom is -0.399 e. The van der Waals surface area contributed by atoms with E-state index in [0.29, 0.717) is 17.2 Å². The van der Waals surface area contributed by atoms with Gasteiger partial charge in [-0.2, -0.15) is 0 Å². The molecule has 1 fully saturated rings. The van der Waals surface area contributed by atoms with E-state index in [1.807, 2.05) is 6.92 Å². The molecule has 2 rings (SSSR count). The minimum atomic E-state index is -0.0950. The number of halogens is 1. The van der Waals surface area contributed by atoms with Crippen LogP contribution in [0.3, 0.4) is 0 Å². The zero-order chi connectivity index (χ0) is 13.1. The molecule has 3 N–H and O–H groups in total. The van der Waals surface area contributed by atoms with Crippen molar-refractivity contribution in [1.82, 2.24) is 5.32 Å². The summed E-state index contributed by atoms with van der Waals surface area (Å²) in [7, 11) is 0. The molecule has 0 spiro atoms. The first kappa shape index (κ1) is 13.4. The smallest absolute Gasteiger partial charge is 0.251 e. The molecule has 1 aliphatic heterocycles. The molecule has 0 aliphatic carbocycles. The van der Waals surface area contributed by atoms with Crippen molar-refractivity contribution < 1.29 is 9.53 Å². The predicted octanol–water partition coefficient (Wildman–Crippen LogP) is 2.19. The molecule has 2 atom stereocenters. The van der Waals surface area contributed by atoms with Crippen molar-refractivity contribution in [2.24, 2.45) is 5.92 Å². The number of nitrogen functional groups attached to an aromatic ring is 1. The largest absolute Gasteiger partial charge is 0.399 e. The van der Waals surface area contributed by atoms with E-state index in [1.165, 1.54) is 0 Å². The Hall–Kier alpha value is -1.07. The molecular formula is C13H17BrN2O2. The summed E-state index contributed by atoms with van der Waals surface area (Å²) in [5.41, 5.74) is 6.87. The van der Waals surface area contributed by atoms with Gasteiger partial charge in [-0.3, -0.25) is 4.79 Å². The normalized spacial score (nSPS) is 20.7. The average Bonchev–Trinajstić information content (AvgIpc) is 2.80. The Morgan fingerprint density at radius 1 is 1.56 bits per heavy atom. The summed E-state index contributed by atoms with van der Waals surface area (Å²) in [6.07, 6.45) is 1.00. The number of carbonyl (C=O) groups excluding carboxylic acids is 1. The van der Waals surface area contributed by atoms with Crippen LogP contribution < -0.4 is 11.1 Å². The van der Waals surface area contributed by atoms with Crippen molar-refractivity contribution in [3.05, 3.63) is 28.2 Å². The molecule has 0 saturated carbocycles. The van der Waals surface area contributed by atoms with Crippen LogP contribution in [0.4, 0.5) is 5.69 Å². The predicted molar refractivity (Wildman–Crippen MR) is 74.4 cm³/mol. The van der Waals surface area contributed by atoms with Gasteiger partial charge >= 0.3 is 0 Å². The van der Waals surface area contributed by atoms with Crippen molar-refractivity contribution in [1.29, 1.82) is 0 Å². The monoisotopic (exact) mass is 312 g/mol. The molecular weight excluding hydrogens is 296 g/mol. The zero-order valence-corrected chi connectivity index (χ0v) is 11.9.